The largest absolute Gasteiger partial charge is 0.504 e. The van der Waals surface area contributed by atoms with Crippen LogP contribution in [0.25, 0.3) is 5.69 Å². The molecule has 0 atom stereocenters. The average molecular weight is 349 g/mol. The fourth-order valence-electron chi connectivity index (χ4n) is 1.94. The monoisotopic (exact) mass is 348 g/mol. The molecule has 0 saturated heterocycles. The van der Waals surface area contributed by atoms with Gasteiger partial charge in [0, 0.05) is 5.02 Å². The maximum Gasteiger partial charge on any atom is 0.298 e. The van der Waals surface area contributed by atoms with E-state index in [1.807, 2.05) is 18.2 Å². The van der Waals surface area contributed by atoms with Crippen LogP contribution >= 0.6 is 23.2 Å². The van der Waals surface area contributed by atoms with Crippen LogP contribution in [0.15, 0.2) is 63.7 Å². The second-order valence-corrected chi connectivity index (χ2v) is 5.43. The molecular formula is C15H10Cl2N4O2. The number of phenolic OH excluding ortho intramolecular Hbond substituents is 1. The minimum absolute atomic E-state index is 0.0576. The van der Waals surface area contributed by atoms with E-state index in [-0.39, 0.29) is 27.7 Å². The van der Waals surface area contributed by atoms with Crippen LogP contribution in [0.1, 0.15) is 0 Å². The van der Waals surface area contributed by atoms with Crippen LogP contribution in [0.5, 0.6) is 5.75 Å². The van der Waals surface area contributed by atoms with E-state index in [1.165, 1.54) is 23.0 Å². The van der Waals surface area contributed by atoms with E-state index in [2.05, 4.69) is 15.3 Å². The number of hydrogen-bond acceptors (Lipinski definition) is 4. The highest BCUT2D eigenvalue weighted by Crippen LogP contribution is 2.37. The molecule has 0 amide bonds. The number of phenols is 1. The molecule has 116 valence electrons. The molecule has 2 N–H and O–H groups in total. The zero-order valence-corrected chi connectivity index (χ0v) is 13.1. The first-order valence-corrected chi connectivity index (χ1v) is 7.27. The Kier molecular flexibility index (Phi) is 4.18. The topological polar surface area (TPSA) is 82.7 Å². The molecule has 0 aliphatic rings. The van der Waals surface area contributed by atoms with Gasteiger partial charge in [0.15, 0.2) is 11.4 Å². The van der Waals surface area contributed by atoms with Crippen molar-refractivity contribution in [1.82, 2.24) is 9.78 Å². The molecule has 0 aliphatic heterocycles. The number of para-hydroxylation sites is 1. The van der Waals surface area contributed by atoms with Gasteiger partial charge in [-0.2, -0.15) is 0 Å². The summed E-state index contributed by atoms with van der Waals surface area (Å²) in [7, 11) is 0. The lowest BCUT2D eigenvalue weighted by molar-refractivity contribution is 0.476. The molecule has 0 bridgehead atoms. The first kappa shape index (κ1) is 15.3. The molecule has 0 radical (unpaired) electrons. The van der Waals surface area contributed by atoms with Gasteiger partial charge >= 0.3 is 0 Å². The Labute approximate surface area is 140 Å². The van der Waals surface area contributed by atoms with Gasteiger partial charge in [-0.1, -0.05) is 41.4 Å². The smallest absolute Gasteiger partial charge is 0.298 e. The highest BCUT2D eigenvalue weighted by molar-refractivity contribution is 6.36. The minimum atomic E-state index is -0.368. The zero-order chi connectivity index (χ0) is 16.4. The van der Waals surface area contributed by atoms with Crippen molar-refractivity contribution in [3.8, 4) is 11.4 Å². The molecule has 1 heterocycles. The van der Waals surface area contributed by atoms with Gasteiger partial charge in [0.25, 0.3) is 5.56 Å². The Bertz CT molecular complexity index is 932. The molecule has 3 aromatic rings. The van der Waals surface area contributed by atoms with E-state index >= 15 is 0 Å². The summed E-state index contributed by atoms with van der Waals surface area (Å²) in [5, 5.41) is 20.7. The van der Waals surface area contributed by atoms with Gasteiger partial charge in [0.05, 0.1) is 16.9 Å². The quantitative estimate of drug-likeness (QED) is 0.678. The number of nitrogens with zero attached hydrogens (tertiary/aromatic N) is 3. The van der Waals surface area contributed by atoms with Crippen LogP contribution in [0.3, 0.4) is 0 Å². The van der Waals surface area contributed by atoms with Gasteiger partial charge in [-0.3, -0.25) is 9.89 Å². The molecule has 0 saturated carbocycles. The van der Waals surface area contributed by atoms with Gasteiger partial charge in [-0.25, -0.2) is 4.68 Å². The van der Waals surface area contributed by atoms with Crippen molar-refractivity contribution in [3.63, 3.8) is 0 Å². The van der Waals surface area contributed by atoms with Gasteiger partial charge < -0.3 is 5.11 Å². The highest BCUT2D eigenvalue weighted by atomic mass is 35.5. The second-order valence-electron chi connectivity index (χ2n) is 4.59. The fraction of sp³-hybridized carbons (Fsp3) is 0. The molecule has 0 spiro atoms. The first-order chi connectivity index (χ1) is 11.1. The standard InChI is InChI=1S/C15H10Cl2N4O2/c16-9-6-11(17)14(22)12(7-9)19-20-13-8-18-21(15(13)23)10-4-2-1-3-5-10/h1-8,18,22H. The Balaban J connectivity index is 1.96. The Morgan fingerprint density at radius 1 is 1.04 bits per heavy atom. The van der Waals surface area contributed by atoms with Gasteiger partial charge in [0.1, 0.15) is 5.69 Å². The third-order valence-electron chi connectivity index (χ3n) is 3.04. The predicted molar refractivity (Wildman–Crippen MR) is 88.7 cm³/mol. The zero-order valence-electron chi connectivity index (χ0n) is 11.6. The predicted octanol–water partition coefficient (Wildman–Crippen LogP) is 4.59. The third-order valence-corrected chi connectivity index (χ3v) is 3.55. The van der Waals surface area contributed by atoms with Crippen LogP contribution in [-0.2, 0) is 0 Å². The Morgan fingerprint density at radius 3 is 2.48 bits per heavy atom. The second kappa shape index (κ2) is 6.28. The fourth-order valence-corrected chi connectivity index (χ4v) is 2.42. The van der Waals surface area contributed by atoms with Crippen molar-refractivity contribution >= 4 is 34.6 Å². The van der Waals surface area contributed by atoms with Crippen LogP contribution in [0, 0.1) is 0 Å². The number of rotatable bonds is 3. The lowest BCUT2D eigenvalue weighted by Crippen LogP contribution is -2.13. The summed E-state index contributed by atoms with van der Waals surface area (Å²) in [5.41, 5.74) is 0.471. The number of halogens is 2. The van der Waals surface area contributed by atoms with E-state index < -0.39 is 0 Å². The summed E-state index contributed by atoms with van der Waals surface area (Å²) in [6.07, 6.45) is 1.42. The van der Waals surface area contributed by atoms with Gasteiger partial charge in [-0.05, 0) is 24.3 Å². The highest BCUT2D eigenvalue weighted by Gasteiger charge is 2.09. The number of aromatic nitrogens is 2. The van der Waals surface area contributed by atoms with Crippen LogP contribution in [0.4, 0.5) is 11.4 Å². The summed E-state index contributed by atoms with van der Waals surface area (Å²) < 4.78 is 1.33. The third kappa shape index (κ3) is 3.13. The van der Waals surface area contributed by atoms with E-state index in [4.69, 9.17) is 23.2 Å². The summed E-state index contributed by atoms with van der Waals surface area (Å²) in [6.45, 7) is 0. The normalized spacial score (nSPS) is 11.2. The van der Waals surface area contributed by atoms with Gasteiger partial charge in [0.2, 0.25) is 0 Å². The van der Waals surface area contributed by atoms with E-state index in [1.54, 1.807) is 12.1 Å². The first-order valence-electron chi connectivity index (χ1n) is 6.52. The van der Waals surface area contributed by atoms with Crippen molar-refractivity contribution < 1.29 is 5.11 Å². The van der Waals surface area contributed by atoms with E-state index in [9.17, 15) is 9.90 Å². The number of nitrogens with one attached hydrogen (secondary N) is 1. The number of benzene rings is 2. The SMILES string of the molecule is O=c1c(N=Nc2cc(Cl)cc(Cl)c2O)c[nH]n1-c1ccccc1. The van der Waals surface area contributed by atoms with Crippen molar-refractivity contribution in [1.29, 1.82) is 0 Å². The molecule has 0 aliphatic carbocycles. The summed E-state index contributed by atoms with van der Waals surface area (Å²) in [6, 6.07) is 11.8. The number of azo groups is 1. The van der Waals surface area contributed by atoms with Crippen LogP contribution in [0.2, 0.25) is 10.0 Å². The molecule has 23 heavy (non-hydrogen) atoms. The lowest BCUT2D eigenvalue weighted by Gasteiger charge is -2.00. The van der Waals surface area contributed by atoms with Crippen LogP contribution < -0.4 is 5.56 Å². The van der Waals surface area contributed by atoms with Crippen LogP contribution in [-0.4, -0.2) is 14.9 Å². The maximum absolute atomic E-state index is 12.3. The molecule has 0 unspecified atom stereocenters. The van der Waals surface area contributed by atoms with Crippen molar-refractivity contribution in [2.24, 2.45) is 10.2 Å². The van der Waals surface area contributed by atoms with Crippen molar-refractivity contribution in [3.05, 3.63) is 69.1 Å². The number of aromatic amines is 1. The van der Waals surface area contributed by atoms with Crippen molar-refractivity contribution in [2.75, 3.05) is 0 Å². The molecule has 2 aromatic carbocycles. The number of hydrogen-bond donors (Lipinski definition) is 2. The molecule has 8 heteroatoms. The minimum Gasteiger partial charge on any atom is -0.504 e. The Morgan fingerprint density at radius 2 is 1.74 bits per heavy atom. The molecule has 0 fully saturated rings. The number of aromatic hydroxyl groups is 1. The maximum atomic E-state index is 12.3. The summed E-state index contributed by atoms with van der Waals surface area (Å²) >= 11 is 11.7. The van der Waals surface area contributed by atoms with Gasteiger partial charge in [-0.15, -0.1) is 10.2 Å². The molecular weight excluding hydrogens is 339 g/mol. The van der Waals surface area contributed by atoms with Crippen molar-refractivity contribution in [2.45, 2.75) is 0 Å². The molecule has 6 nitrogen and oxygen atoms in total. The molecule has 3 rings (SSSR count). The van der Waals surface area contributed by atoms with E-state index in [0.717, 1.165) is 0 Å². The summed E-state index contributed by atoms with van der Waals surface area (Å²) in [4.78, 5) is 12.3. The molecule has 1 aromatic heterocycles. The number of H-pyrrole nitrogens is 1. The average Bonchev–Trinajstić information content (AvgIpc) is 2.91. The lowest BCUT2D eigenvalue weighted by atomic mass is 10.3. The Hall–Kier alpha value is -2.57. The van der Waals surface area contributed by atoms with E-state index in [0.29, 0.717) is 10.7 Å². The summed E-state index contributed by atoms with van der Waals surface area (Å²) in [5.74, 6) is -0.251.